The second-order valence-corrected chi connectivity index (χ2v) is 11.7. The fourth-order valence-corrected chi connectivity index (χ4v) is 5.06. The molecule has 2 N–H and O–H groups in total. The van der Waals surface area contributed by atoms with Crippen molar-refractivity contribution in [3.63, 3.8) is 0 Å². The summed E-state index contributed by atoms with van der Waals surface area (Å²) in [6.45, 7) is 11.0. The average Bonchev–Trinajstić information content (AvgIpc) is 3.02. The number of aliphatic hydroxyl groups is 2. The van der Waals surface area contributed by atoms with Crippen LogP contribution in [0, 0.1) is 23.7 Å². The van der Waals surface area contributed by atoms with Crippen LogP contribution in [0.5, 0.6) is 0 Å². The van der Waals surface area contributed by atoms with Gasteiger partial charge in [0.15, 0.2) is 0 Å². The number of fused-ring (bicyclic) bond motifs is 1. The Morgan fingerprint density at radius 3 is 2.12 bits per heavy atom. The minimum atomic E-state index is -2.03. The van der Waals surface area contributed by atoms with Crippen LogP contribution in [0.3, 0.4) is 0 Å². The second-order valence-electron chi connectivity index (χ2n) is 11.7. The molecular weight excluding hydrogens is 528 g/mol. The van der Waals surface area contributed by atoms with Crippen molar-refractivity contribution >= 4 is 23.9 Å². The van der Waals surface area contributed by atoms with E-state index in [2.05, 4.69) is 0 Å². The molecule has 0 unspecified atom stereocenters. The molecule has 0 aromatic heterocycles. The molecule has 40 heavy (non-hydrogen) atoms. The molecule has 0 aromatic rings. The zero-order chi connectivity index (χ0) is 30.4. The summed E-state index contributed by atoms with van der Waals surface area (Å²) in [5.74, 6) is -4.47. The molecule has 1 heterocycles. The topological polar surface area (TPSA) is 164 Å². The van der Waals surface area contributed by atoms with Crippen molar-refractivity contribution in [1.29, 1.82) is 0 Å². The van der Waals surface area contributed by atoms with E-state index in [1.807, 2.05) is 27.7 Å². The molecule has 12 nitrogen and oxygen atoms in total. The van der Waals surface area contributed by atoms with Crippen molar-refractivity contribution in [2.45, 2.75) is 97.4 Å². The fraction of sp³-hybridized carbons (Fsp3) is 0.786. The van der Waals surface area contributed by atoms with Gasteiger partial charge in [-0.25, -0.2) is 4.79 Å². The number of hydrogen-bond donors (Lipinski definition) is 2. The third-order valence-corrected chi connectivity index (χ3v) is 6.83. The van der Waals surface area contributed by atoms with Gasteiger partial charge in [-0.2, -0.15) is 0 Å². The normalized spacial score (nSPS) is 28.4. The van der Waals surface area contributed by atoms with Crippen LogP contribution in [-0.4, -0.2) is 84.1 Å². The highest BCUT2D eigenvalue weighted by atomic mass is 16.7. The van der Waals surface area contributed by atoms with Crippen molar-refractivity contribution in [2.75, 3.05) is 20.3 Å². The van der Waals surface area contributed by atoms with Gasteiger partial charge in [0.05, 0.1) is 12.9 Å². The first-order chi connectivity index (χ1) is 18.5. The Hall–Kier alpha value is -2.70. The number of hydrogen-bond acceptors (Lipinski definition) is 12. The van der Waals surface area contributed by atoms with Gasteiger partial charge in [-0.1, -0.05) is 41.5 Å². The van der Waals surface area contributed by atoms with Crippen LogP contribution in [0.2, 0.25) is 0 Å². The number of rotatable bonds is 13. The predicted molar refractivity (Wildman–Crippen MR) is 139 cm³/mol. The third kappa shape index (κ3) is 7.94. The largest absolute Gasteiger partial charge is 0.462 e. The Morgan fingerprint density at radius 1 is 1.00 bits per heavy atom. The van der Waals surface area contributed by atoms with Gasteiger partial charge in [0.25, 0.3) is 6.29 Å². The molecule has 0 amide bonds. The van der Waals surface area contributed by atoms with E-state index < -0.39 is 78.6 Å². The molecule has 1 aliphatic heterocycles. The zero-order valence-electron chi connectivity index (χ0n) is 24.6. The van der Waals surface area contributed by atoms with Gasteiger partial charge in [-0.05, 0) is 11.8 Å². The van der Waals surface area contributed by atoms with Crippen LogP contribution >= 0.6 is 0 Å². The minimum Gasteiger partial charge on any atom is -0.462 e. The SMILES string of the molecule is COC[C@@]1(O)[C@@H](OC(C)=O)C[C@]2(O)C(COC(=O)[C@H](OC(=O)CC(C)C)C(C)C)=CO[C@@H](OC(=O)CC(C)C)[C@H]12. The summed E-state index contributed by atoms with van der Waals surface area (Å²) in [6.07, 6.45) is -2.95. The summed E-state index contributed by atoms with van der Waals surface area (Å²) >= 11 is 0. The second kappa shape index (κ2) is 13.8. The summed E-state index contributed by atoms with van der Waals surface area (Å²) in [4.78, 5) is 49.5. The first-order valence-corrected chi connectivity index (χ1v) is 13.6. The van der Waals surface area contributed by atoms with E-state index in [0.717, 1.165) is 13.2 Å². The molecule has 2 rings (SSSR count). The van der Waals surface area contributed by atoms with E-state index in [4.69, 9.17) is 28.4 Å². The third-order valence-electron chi connectivity index (χ3n) is 6.83. The number of esters is 4. The minimum absolute atomic E-state index is 0.0285. The maximum absolute atomic E-state index is 12.9. The monoisotopic (exact) mass is 572 g/mol. The van der Waals surface area contributed by atoms with E-state index in [-0.39, 0.29) is 36.7 Å². The molecule has 6 atom stereocenters. The highest BCUT2D eigenvalue weighted by Gasteiger charge is 2.70. The summed E-state index contributed by atoms with van der Waals surface area (Å²) in [5.41, 5.74) is -3.99. The molecule has 228 valence electrons. The zero-order valence-corrected chi connectivity index (χ0v) is 24.6. The van der Waals surface area contributed by atoms with Crippen molar-refractivity contribution in [3.8, 4) is 0 Å². The van der Waals surface area contributed by atoms with Gasteiger partial charge in [0, 0.05) is 44.8 Å². The van der Waals surface area contributed by atoms with Crippen LogP contribution < -0.4 is 0 Å². The van der Waals surface area contributed by atoms with Gasteiger partial charge in [-0.15, -0.1) is 0 Å². The summed E-state index contributed by atoms with van der Waals surface area (Å²) in [7, 11) is 1.31. The highest BCUT2D eigenvalue weighted by Crippen LogP contribution is 2.53. The van der Waals surface area contributed by atoms with Gasteiger partial charge in [0.2, 0.25) is 6.10 Å². The lowest BCUT2D eigenvalue weighted by Crippen LogP contribution is -2.59. The lowest BCUT2D eigenvalue weighted by atomic mass is 9.77. The van der Waals surface area contributed by atoms with Gasteiger partial charge in [-0.3, -0.25) is 14.4 Å². The standard InChI is InChI=1S/C28H44O12/c1-15(2)9-21(30)39-23(17(5)6)25(32)36-12-19-13-37-26(40-22(31)10-16(3)4)24-27(19,33)11-20(38-18(7)29)28(24,34)14-35-8/h13,15-17,20,23-24,26,33-34H,9-12,14H2,1-8H3/t20-,23+,24-,26-,27-,28+/m0/s1. The molecule has 12 heteroatoms. The van der Waals surface area contributed by atoms with Crippen LogP contribution in [-0.2, 0) is 47.6 Å². The number of ether oxygens (including phenoxy) is 6. The molecule has 0 radical (unpaired) electrons. The van der Waals surface area contributed by atoms with Gasteiger partial charge < -0.3 is 38.6 Å². The smallest absolute Gasteiger partial charge is 0.348 e. The number of methoxy groups -OCH3 is 1. The van der Waals surface area contributed by atoms with E-state index in [0.29, 0.717) is 0 Å². The van der Waals surface area contributed by atoms with Gasteiger partial charge >= 0.3 is 23.9 Å². The Morgan fingerprint density at radius 2 is 1.60 bits per heavy atom. The molecule has 2 aliphatic rings. The van der Waals surface area contributed by atoms with Crippen LogP contribution in [0.15, 0.2) is 11.8 Å². The van der Waals surface area contributed by atoms with E-state index in [9.17, 15) is 29.4 Å². The van der Waals surface area contributed by atoms with Crippen LogP contribution in [0.4, 0.5) is 0 Å². The Balaban J connectivity index is 2.37. The highest BCUT2D eigenvalue weighted by molar-refractivity contribution is 5.80. The predicted octanol–water partition coefficient (Wildman–Crippen LogP) is 2.03. The van der Waals surface area contributed by atoms with Gasteiger partial charge in [0.1, 0.15) is 29.8 Å². The molecule has 0 aromatic carbocycles. The molecule has 1 fully saturated rings. The molecule has 1 saturated carbocycles. The Bertz CT molecular complexity index is 957. The Labute approximate surface area is 235 Å². The van der Waals surface area contributed by atoms with Crippen molar-refractivity contribution in [3.05, 3.63) is 11.8 Å². The molecule has 1 aliphatic carbocycles. The first kappa shape index (κ1) is 33.5. The van der Waals surface area contributed by atoms with Crippen LogP contribution in [0.25, 0.3) is 0 Å². The molecule has 0 bridgehead atoms. The Kier molecular flexibility index (Phi) is 11.5. The van der Waals surface area contributed by atoms with E-state index in [1.165, 1.54) is 7.11 Å². The number of carbonyl (C=O) groups excluding carboxylic acids is 4. The quantitative estimate of drug-likeness (QED) is 0.244. The van der Waals surface area contributed by atoms with E-state index in [1.54, 1.807) is 13.8 Å². The fourth-order valence-electron chi connectivity index (χ4n) is 5.06. The lowest BCUT2D eigenvalue weighted by molar-refractivity contribution is -0.240. The summed E-state index contributed by atoms with van der Waals surface area (Å²) < 4.78 is 32.5. The van der Waals surface area contributed by atoms with E-state index >= 15 is 0 Å². The maximum Gasteiger partial charge on any atom is 0.348 e. The summed E-state index contributed by atoms with van der Waals surface area (Å²) in [5, 5.41) is 23.7. The molecular formula is C28H44O12. The van der Waals surface area contributed by atoms with Crippen molar-refractivity contribution in [1.82, 2.24) is 0 Å². The van der Waals surface area contributed by atoms with Crippen molar-refractivity contribution in [2.24, 2.45) is 23.7 Å². The summed E-state index contributed by atoms with van der Waals surface area (Å²) in [6, 6.07) is 0. The molecule has 0 saturated heterocycles. The maximum atomic E-state index is 12.9. The first-order valence-electron chi connectivity index (χ1n) is 13.6. The molecule has 0 spiro atoms. The lowest BCUT2D eigenvalue weighted by Gasteiger charge is -2.44. The van der Waals surface area contributed by atoms with Crippen molar-refractivity contribution < 1.29 is 57.8 Å². The van der Waals surface area contributed by atoms with Crippen LogP contribution in [0.1, 0.15) is 67.7 Å². The number of carbonyl (C=O) groups is 4. The average molecular weight is 573 g/mol.